The molecule has 2 heterocycles. The minimum absolute atomic E-state index is 0.631. The summed E-state index contributed by atoms with van der Waals surface area (Å²) < 4.78 is 5.43. The fourth-order valence-corrected chi connectivity index (χ4v) is 2.67. The van der Waals surface area contributed by atoms with Gasteiger partial charge in [0, 0.05) is 44.7 Å². The summed E-state index contributed by atoms with van der Waals surface area (Å²) in [5.74, 6) is 1.34. The van der Waals surface area contributed by atoms with Gasteiger partial charge in [0.15, 0.2) is 0 Å². The highest BCUT2D eigenvalue weighted by atomic mass is 35.5. The second-order valence-corrected chi connectivity index (χ2v) is 5.83. The summed E-state index contributed by atoms with van der Waals surface area (Å²) in [5.41, 5.74) is 1.31. The standard InChI is InChI=1S/C15H19ClN4O/c1-12-17-18-15(21-12)11-20-8-6-19(7-9-20)10-13-2-4-14(16)5-3-13/h2-5H,6-11H2,1H3. The first-order chi connectivity index (χ1) is 10.2. The Morgan fingerprint density at radius 2 is 1.62 bits per heavy atom. The van der Waals surface area contributed by atoms with Crippen LogP contribution in [0.1, 0.15) is 17.3 Å². The molecule has 6 heteroatoms. The van der Waals surface area contributed by atoms with Gasteiger partial charge in [-0.3, -0.25) is 9.80 Å². The van der Waals surface area contributed by atoms with E-state index >= 15 is 0 Å². The van der Waals surface area contributed by atoms with Gasteiger partial charge in [0.05, 0.1) is 6.54 Å². The Hall–Kier alpha value is -1.43. The van der Waals surface area contributed by atoms with E-state index in [9.17, 15) is 0 Å². The summed E-state index contributed by atoms with van der Waals surface area (Å²) in [4.78, 5) is 4.81. The first-order valence-electron chi connectivity index (χ1n) is 7.17. The number of piperazine rings is 1. The van der Waals surface area contributed by atoms with Crippen molar-refractivity contribution < 1.29 is 4.42 Å². The molecule has 1 saturated heterocycles. The number of benzene rings is 1. The maximum absolute atomic E-state index is 5.91. The SMILES string of the molecule is Cc1nnc(CN2CCN(Cc3ccc(Cl)cc3)CC2)o1. The Morgan fingerprint density at radius 3 is 2.19 bits per heavy atom. The molecule has 0 aliphatic carbocycles. The second-order valence-electron chi connectivity index (χ2n) is 5.39. The average molecular weight is 307 g/mol. The van der Waals surface area contributed by atoms with Crippen LogP contribution in [0, 0.1) is 6.92 Å². The molecule has 2 aromatic rings. The third-order valence-electron chi connectivity index (χ3n) is 3.71. The third-order valence-corrected chi connectivity index (χ3v) is 3.96. The van der Waals surface area contributed by atoms with Gasteiger partial charge in [-0.15, -0.1) is 10.2 Å². The van der Waals surface area contributed by atoms with Crippen molar-refractivity contribution in [2.75, 3.05) is 26.2 Å². The number of hydrogen-bond donors (Lipinski definition) is 0. The van der Waals surface area contributed by atoms with Gasteiger partial charge in [0.2, 0.25) is 11.8 Å². The van der Waals surface area contributed by atoms with E-state index in [1.54, 1.807) is 0 Å². The van der Waals surface area contributed by atoms with E-state index in [0.29, 0.717) is 11.8 Å². The zero-order valence-electron chi connectivity index (χ0n) is 12.1. The Bertz CT molecular complexity index is 576. The molecule has 0 amide bonds. The molecule has 0 atom stereocenters. The van der Waals surface area contributed by atoms with Crippen molar-refractivity contribution >= 4 is 11.6 Å². The van der Waals surface area contributed by atoms with Gasteiger partial charge >= 0.3 is 0 Å². The smallest absolute Gasteiger partial charge is 0.230 e. The van der Waals surface area contributed by atoms with Gasteiger partial charge < -0.3 is 4.42 Å². The van der Waals surface area contributed by atoms with Crippen LogP contribution in [0.5, 0.6) is 0 Å². The molecule has 0 radical (unpaired) electrons. The van der Waals surface area contributed by atoms with Crippen LogP contribution in [0.15, 0.2) is 28.7 Å². The molecule has 0 N–H and O–H groups in total. The fraction of sp³-hybridized carbons (Fsp3) is 0.467. The zero-order chi connectivity index (χ0) is 14.7. The highest BCUT2D eigenvalue weighted by molar-refractivity contribution is 6.30. The molecule has 0 saturated carbocycles. The highest BCUT2D eigenvalue weighted by Crippen LogP contribution is 2.13. The molecule has 1 aromatic carbocycles. The fourth-order valence-electron chi connectivity index (χ4n) is 2.55. The lowest BCUT2D eigenvalue weighted by Crippen LogP contribution is -2.45. The molecule has 0 spiro atoms. The monoisotopic (exact) mass is 306 g/mol. The molecule has 1 aliphatic heterocycles. The lowest BCUT2D eigenvalue weighted by atomic mass is 10.2. The van der Waals surface area contributed by atoms with Crippen LogP contribution in [0.2, 0.25) is 5.02 Å². The molecule has 21 heavy (non-hydrogen) atoms. The van der Waals surface area contributed by atoms with E-state index < -0.39 is 0 Å². The molecule has 1 aliphatic rings. The average Bonchev–Trinajstić information content (AvgIpc) is 2.89. The Morgan fingerprint density at radius 1 is 1.00 bits per heavy atom. The maximum Gasteiger partial charge on any atom is 0.230 e. The summed E-state index contributed by atoms with van der Waals surface area (Å²) in [5, 5.41) is 8.71. The minimum Gasteiger partial charge on any atom is -0.424 e. The van der Waals surface area contributed by atoms with E-state index in [-0.39, 0.29) is 0 Å². The summed E-state index contributed by atoms with van der Waals surface area (Å²) >= 11 is 5.91. The van der Waals surface area contributed by atoms with Crippen molar-refractivity contribution in [2.45, 2.75) is 20.0 Å². The lowest BCUT2D eigenvalue weighted by Gasteiger charge is -2.33. The van der Waals surface area contributed by atoms with Crippen molar-refractivity contribution in [2.24, 2.45) is 0 Å². The van der Waals surface area contributed by atoms with Crippen LogP contribution in [0.25, 0.3) is 0 Å². The van der Waals surface area contributed by atoms with Crippen molar-refractivity contribution in [1.29, 1.82) is 0 Å². The molecular formula is C15H19ClN4O. The normalized spacial score (nSPS) is 17.2. The minimum atomic E-state index is 0.631. The van der Waals surface area contributed by atoms with Gasteiger partial charge in [0.1, 0.15) is 0 Å². The molecule has 5 nitrogen and oxygen atoms in total. The van der Waals surface area contributed by atoms with E-state index in [1.807, 2.05) is 19.1 Å². The Kier molecular flexibility index (Phi) is 4.53. The number of aryl methyl sites for hydroxylation is 1. The number of nitrogens with zero attached hydrogens (tertiary/aromatic N) is 4. The van der Waals surface area contributed by atoms with E-state index in [1.165, 1.54) is 5.56 Å². The van der Waals surface area contributed by atoms with Crippen LogP contribution >= 0.6 is 11.6 Å². The molecule has 1 fully saturated rings. The molecule has 0 bridgehead atoms. The largest absolute Gasteiger partial charge is 0.424 e. The van der Waals surface area contributed by atoms with Crippen molar-refractivity contribution in [3.63, 3.8) is 0 Å². The van der Waals surface area contributed by atoms with Gasteiger partial charge in [-0.05, 0) is 17.7 Å². The predicted molar refractivity (Wildman–Crippen MR) is 81.0 cm³/mol. The summed E-state index contributed by atoms with van der Waals surface area (Å²) in [6.45, 7) is 7.69. The number of hydrogen-bond acceptors (Lipinski definition) is 5. The Labute approximate surface area is 129 Å². The maximum atomic E-state index is 5.91. The topological polar surface area (TPSA) is 45.4 Å². The second kappa shape index (κ2) is 6.56. The van der Waals surface area contributed by atoms with Crippen molar-refractivity contribution in [3.8, 4) is 0 Å². The Balaban J connectivity index is 1.47. The van der Waals surface area contributed by atoms with Gasteiger partial charge in [0.25, 0.3) is 0 Å². The van der Waals surface area contributed by atoms with Crippen LogP contribution in [-0.2, 0) is 13.1 Å². The number of aromatic nitrogens is 2. The van der Waals surface area contributed by atoms with Crippen LogP contribution < -0.4 is 0 Å². The zero-order valence-corrected chi connectivity index (χ0v) is 12.9. The van der Waals surface area contributed by atoms with Crippen molar-refractivity contribution in [1.82, 2.24) is 20.0 Å². The van der Waals surface area contributed by atoms with Crippen LogP contribution in [0.4, 0.5) is 0 Å². The molecule has 112 valence electrons. The van der Waals surface area contributed by atoms with Gasteiger partial charge in [-0.2, -0.15) is 0 Å². The van der Waals surface area contributed by atoms with E-state index in [2.05, 4.69) is 32.1 Å². The number of halogens is 1. The molecular weight excluding hydrogens is 288 g/mol. The van der Waals surface area contributed by atoms with Crippen molar-refractivity contribution in [3.05, 3.63) is 46.6 Å². The van der Waals surface area contributed by atoms with Gasteiger partial charge in [-0.1, -0.05) is 23.7 Å². The summed E-state index contributed by atoms with van der Waals surface area (Å²) in [7, 11) is 0. The van der Waals surface area contributed by atoms with Gasteiger partial charge in [-0.25, -0.2) is 0 Å². The van der Waals surface area contributed by atoms with Crippen LogP contribution in [0.3, 0.4) is 0 Å². The number of rotatable bonds is 4. The summed E-state index contributed by atoms with van der Waals surface area (Å²) in [6.07, 6.45) is 0. The first-order valence-corrected chi connectivity index (χ1v) is 7.55. The van der Waals surface area contributed by atoms with E-state index in [4.69, 9.17) is 16.0 Å². The lowest BCUT2D eigenvalue weighted by molar-refractivity contribution is 0.114. The van der Waals surface area contributed by atoms with E-state index in [0.717, 1.165) is 44.3 Å². The first kappa shape index (κ1) is 14.5. The van der Waals surface area contributed by atoms with Crippen LogP contribution in [-0.4, -0.2) is 46.2 Å². The highest BCUT2D eigenvalue weighted by Gasteiger charge is 2.18. The third kappa shape index (κ3) is 4.03. The predicted octanol–water partition coefficient (Wildman–Crippen LogP) is 2.35. The molecule has 3 rings (SSSR count). The summed E-state index contributed by atoms with van der Waals surface area (Å²) in [6, 6.07) is 8.09. The molecule has 0 unspecified atom stereocenters. The molecule has 1 aromatic heterocycles. The quantitative estimate of drug-likeness (QED) is 0.867.